The molecular weight excluding hydrogens is 454 g/mol. The highest BCUT2D eigenvalue weighted by atomic mass is 32.2. The molecule has 2 rings (SSSR count). The Kier molecular flexibility index (Phi) is 10.2. The SMILES string of the molecule is CCOC(=O)CC(C)S(=O)(=O)c1ccc(C)cc1NC(=O)CCCCc1ccc(/C=N/N)cc1. The fraction of sp³-hybridized carbons (Fsp3) is 0.400. The van der Waals surface area contributed by atoms with Crippen LogP contribution in [-0.2, 0) is 30.6 Å². The van der Waals surface area contributed by atoms with E-state index in [4.69, 9.17) is 10.6 Å². The smallest absolute Gasteiger partial charge is 0.307 e. The van der Waals surface area contributed by atoms with Crippen molar-refractivity contribution < 1.29 is 22.7 Å². The van der Waals surface area contributed by atoms with Gasteiger partial charge in [-0.05, 0) is 68.9 Å². The number of nitrogens with one attached hydrogen (secondary N) is 1. The van der Waals surface area contributed by atoms with E-state index in [2.05, 4.69) is 10.4 Å². The molecule has 9 heteroatoms. The van der Waals surface area contributed by atoms with Gasteiger partial charge in [0.2, 0.25) is 5.91 Å². The first kappa shape index (κ1) is 27.0. The lowest BCUT2D eigenvalue weighted by Gasteiger charge is -2.17. The number of anilines is 1. The molecule has 1 amide bonds. The van der Waals surface area contributed by atoms with Gasteiger partial charge in [-0.2, -0.15) is 5.10 Å². The molecule has 0 aliphatic carbocycles. The highest BCUT2D eigenvalue weighted by molar-refractivity contribution is 7.92. The second kappa shape index (κ2) is 12.9. The molecule has 0 saturated carbocycles. The largest absolute Gasteiger partial charge is 0.466 e. The van der Waals surface area contributed by atoms with Gasteiger partial charge >= 0.3 is 5.97 Å². The highest BCUT2D eigenvalue weighted by Gasteiger charge is 2.29. The molecule has 8 nitrogen and oxygen atoms in total. The van der Waals surface area contributed by atoms with Gasteiger partial charge in [0, 0.05) is 6.42 Å². The molecule has 0 radical (unpaired) electrons. The van der Waals surface area contributed by atoms with Crippen LogP contribution >= 0.6 is 0 Å². The molecule has 0 spiro atoms. The fourth-order valence-electron chi connectivity index (χ4n) is 3.45. The monoisotopic (exact) mass is 487 g/mol. The molecule has 0 aromatic heterocycles. The number of rotatable bonds is 12. The van der Waals surface area contributed by atoms with Crippen LogP contribution in [0.15, 0.2) is 52.5 Å². The molecule has 0 bridgehead atoms. The average molecular weight is 488 g/mol. The Labute approximate surface area is 201 Å². The molecule has 1 atom stereocenters. The maximum atomic E-state index is 13.1. The first-order valence-electron chi connectivity index (χ1n) is 11.3. The first-order valence-corrected chi connectivity index (χ1v) is 12.8. The van der Waals surface area contributed by atoms with E-state index >= 15 is 0 Å². The zero-order valence-electron chi connectivity index (χ0n) is 19.9. The van der Waals surface area contributed by atoms with Crippen LogP contribution < -0.4 is 11.2 Å². The number of ether oxygens (including phenoxy) is 1. The molecule has 1 unspecified atom stereocenters. The van der Waals surface area contributed by atoms with E-state index in [9.17, 15) is 18.0 Å². The van der Waals surface area contributed by atoms with Crippen LogP contribution in [0.25, 0.3) is 0 Å². The van der Waals surface area contributed by atoms with Crippen LogP contribution in [-0.4, -0.2) is 38.4 Å². The van der Waals surface area contributed by atoms with Crippen molar-refractivity contribution in [3.8, 4) is 0 Å². The molecular formula is C25H33N3O5S. The van der Waals surface area contributed by atoms with E-state index in [0.717, 1.165) is 29.5 Å². The Morgan fingerprint density at radius 3 is 2.50 bits per heavy atom. The summed E-state index contributed by atoms with van der Waals surface area (Å²) in [7, 11) is -3.85. The number of amides is 1. The summed E-state index contributed by atoms with van der Waals surface area (Å²) in [6.07, 6.45) is 3.88. The van der Waals surface area contributed by atoms with Gasteiger partial charge in [-0.15, -0.1) is 0 Å². The molecule has 0 saturated heterocycles. The minimum absolute atomic E-state index is 0.00403. The Morgan fingerprint density at radius 1 is 1.15 bits per heavy atom. The Balaban J connectivity index is 1.98. The minimum Gasteiger partial charge on any atom is -0.466 e. The van der Waals surface area contributed by atoms with Crippen LogP contribution in [0, 0.1) is 6.92 Å². The van der Waals surface area contributed by atoms with Crippen molar-refractivity contribution in [2.24, 2.45) is 10.9 Å². The molecule has 0 fully saturated rings. The summed E-state index contributed by atoms with van der Waals surface area (Å²) in [5.41, 5.74) is 3.12. The van der Waals surface area contributed by atoms with Crippen LogP contribution in [0.3, 0.4) is 0 Å². The Morgan fingerprint density at radius 2 is 1.85 bits per heavy atom. The molecule has 0 aliphatic rings. The normalized spacial score (nSPS) is 12.4. The fourth-order valence-corrected chi connectivity index (χ4v) is 4.92. The van der Waals surface area contributed by atoms with E-state index in [1.165, 1.54) is 13.0 Å². The second-order valence-electron chi connectivity index (χ2n) is 8.14. The number of hydrazone groups is 1. The van der Waals surface area contributed by atoms with Crippen molar-refractivity contribution in [3.05, 3.63) is 59.2 Å². The highest BCUT2D eigenvalue weighted by Crippen LogP contribution is 2.28. The van der Waals surface area contributed by atoms with Gasteiger partial charge < -0.3 is 15.9 Å². The third-order valence-corrected chi connectivity index (χ3v) is 7.52. The van der Waals surface area contributed by atoms with Crippen LogP contribution in [0.1, 0.15) is 56.2 Å². The summed E-state index contributed by atoms with van der Waals surface area (Å²) in [6.45, 7) is 5.14. The van der Waals surface area contributed by atoms with Crippen LogP contribution in [0.4, 0.5) is 5.69 Å². The zero-order valence-corrected chi connectivity index (χ0v) is 20.7. The molecule has 34 heavy (non-hydrogen) atoms. The van der Waals surface area contributed by atoms with E-state index in [1.54, 1.807) is 25.3 Å². The number of aryl methyl sites for hydroxylation is 2. The quantitative estimate of drug-likeness (QED) is 0.154. The predicted molar refractivity (Wildman–Crippen MR) is 133 cm³/mol. The van der Waals surface area contributed by atoms with Crippen molar-refractivity contribution in [3.63, 3.8) is 0 Å². The number of hydrogen-bond donors (Lipinski definition) is 2. The number of carbonyl (C=O) groups is 2. The molecule has 2 aromatic carbocycles. The van der Waals surface area contributed by atoms with E-state index < -0.39 is 21.1 Å². The third kappa shape index (κ3) is 7.98. The summed E-state index contributed by atoms with van der Waals surface area (Å²) in [5, 5.41) is 5.26. The second-order valence-corrected chi connectivity index (χ2v) is 10.5. The topological polar surface area (TPSA) is 128 Å². The number of sulfone groups is 1. The maximum Gasteiger partial charge on any atom is 0.307 e. The number of hydrogen-bond acceptors (Lipinski definition) is 7. The van der Waals surface area contributed by atoms with Gasteiger partial charge in [0.05, 0.1) is 35.1 Å². The lowest BCUT2D eigenvalue weighted by Crippen LogP contribution is -2.24. The zero-order chi connectivity index (χ0) is 25.1. The van der Waals surface area contributed by atoms with E-state index in [0.29, 0.717) is 6.42 Å². The molecule has 184 valence electrons. The van der Waals surface area contributed by atoms with Gasteiger partial charge in [0.25, 0.3) is 0 Å². The predicted octanol–water partition coefficient (Wildman–Crippen LogP) is 3.75. The molecule has 2 aromatic rings. The van der Waals surface area contributed by atoms with Gasteiger partial charge in [-0.25, -0.2) is 8.42 Å². The summed E-state index contributed by atoms with van der Waals surface area (Å²) in [6, 6.07) is 12.6. The van der Waals surface area contributed by atoms with E-state index in [-0.39, 0.29) is 35.9 Å². The van der Waals surface area contributed by atoms with Crippen molar-refractivity contribution in [2.45, 2.75) is 63.0 Å². The van der Waals surface area contributed by atoms with Crippen molar-refractivity contribution in [1.82, 2.24) is 0 Å². The minimum atomic E-state index is -3.85. The Hall–Kier alpha value is -3.20. The van der Waals surface area contributed by atoms with Crippen molar-refractivity contribution in [2.75, 3.05) is 11.9 Å². The lowest BCUT2D eigenvalue weighted by atomic mass is 10.1. The summed E-state index contributed by atoms with van der Waals surface area (Å²) >= 11 is 0. The summed E-state index contributed by atoms with van der Waals surface area (Å²) in [5.74, 6) is 4.32. The van der Waals surface area contributed by atoms with Crippen LogP contribution in [0.2, 0.25) is 0 Å². The van der Waals surface area contributed by atoms with Crippen molar-refractivity contribution >= 4 is 33.6 Å². The van der Waals surface area contributed by atoms with Crippen molar-refractivity contribution in [1.29, 1.82) is 0 Å². The van der Waals surface area contributed by atoms with Gasteiger partial charge in [0.15, 0.2) is 9.84 Å². The number of nitrogens with two attached hydrogens (primary N) is 1. The summed E-state index contributed by atoms with van der Waals surface area (Å²) in [4.78, 5) is 24.3. The standard InChI is InChI=1S/C25H33N3O5S/c1-4-33-25(30)16-19(3)34(31,32)23-14-9-18(2)15-22(23)28-24(29)8-6-5-7-20-10-12-21(13-11-20)17-27-26/h9-15,17,19H,4-8,16,26H2,1-3H3,(H,28,29)/b27-17+. The van der Waals surface area contributed by atoms with Gasteiger partial charge in [0.1, 0.15) is 0 Å². The lowest BCUT2D eigenvalue weighted by molar-refractivity contribution is -0.143. The number of benzene rings is 2. The number of esters is 1. The van der Waals surface area contributed by atoms with Gasteiger partial charge in [-0.1, -0.05) is 30.3 Å². The number of carbonyl (C=O) groups excluding carboxylic acids is 2. The van der Waals surface area contributed by atoms with Gasteiger partial charge in [-0.3, -0.25) is 9.59 Å². The summed E-state index contributed by atoms with van der Waals surface area (Å²) < 4.78 is 31.1. The van der Waals surface area contributed by atoms with E-state index in [1.807, 2.05) is 31.2 Å². The number of unbranched alkanes of at least 4 members (excludes halogenated alkanes) is 1. The first-order chi connectivity index (χ1) is 16.2. The maximum absolute atomic E-state index is 13.1. The molecule has 0 aliphatic heterocycles. The number of nitrogens with zero attached hydrogens (tertiary/aromatic N) is 1. The molecule has 0 heterocycles. The van der Waals surface area contributed by atoms with Crippen LogP contribution in [0.5, 0.6) is 0 Å². The molecule has 3 N–H and O–H groups in total. The average Bonchev–Trinajstić information content (AvgIpc) is 2.78. The Bertz CT molecular complexity index is 1110. The third-order valence-electron chi connectivity index (χ3n) is 5.33.